The predicted molar refractivity (Wildman–Crippen MR) is 83.3 cm³/mol. The fourth-order valence-electron chi connectivity index (χ4n) is 1.97. The maximum absolute atomic E-state index is 12.3. The van der Waals surface area contributed by atoms with Gasteiger partial charge in [0.2, 0.25) is 10.0 Å². The lowest BCUT2D eigenvalue weighted by atomic mass is 10.0. The molecule has 0 bridgehead atoms. The summed E-state index contributed by atoms with van der Waals surface area (Å²) < 4.78 is 27.3. The molecule has 0 aliphatic rings. The van der Waals surface area contributed by atoms with Gasteiger partial charge < -0.3 is 11.1 Å². The van der Waals surface area contributed by atoms with Crippen LogP contribution in [0.25, 0.3) is 0 Å². The Morgan fingerprint density at radius 1 is 1.25 bits per heavy atom. The van der Waals surface area contributed by atoms with Crippen LogP contribution in [0.15, 0.2) is 29.2 Å². The SMILES string of the molecule is CC(C)NS(=O)(=O)c1ccccc1NC(C)(C)CCN. The monoisotopic (exact) mass is 299 g/mol. The number of nitrogens with one attached hydrogen (secondary N) is 2. The van der Waals surface area contributed by atoms with Crippen molar-refractivity contribution in [2.24, 2.45) is 5.73 Å². The Hall–Kier alpha value is -1.11. The molecule has 0 radical (unpaired) electrons. The zero-order valence-corrected chi connectivity index (χ0v) is 13.4. The van der Waals surface area contributed by atoms with Crippen LogP contribution in [0.3, 0.4) is 0 Å². The fraction of sp³-hybridized carbons (Fsp3) is 0.571. The van der Waals surface area contributed by atoms with Crippen LogP contribution in [0.4, 0.5) is 5.69 Å². The number of hydrogen-bond acceptors (Lipinski definition) is 4. The Labute approximate surface area is 122 Å². The number of anilines is 1. The van der Waals surface area contributed by atoms with Crippen LogP contribution in [0.5, 0.6) is 0 Å². The third-order valence-electron chi connectivity index (χ3n) is 2.81. The van der Waals surface area contributed by atoms with Gasteiger partial charge in [-0.3, -0.25) is 0 Å². The Morgan fingerprint density at radius 3 is 2.40 bits per heavy atom. The van der Waals surface area contributed by atoms with Crippen molar-refractivity contribution in [3.05, 3.63) is 24.3 Å². The molecule has 20 heavy (non-hydrogen) atoms. The van der Waals surface area contributed by atoms with Crippen LogP contribution < -0.4 is 15.8 Å². The van der Waals surface area contributed by atoms with Crippen molar-refractivity contribution >= 4 is 15.7 Å². The summed E-state index contributed by atoms with van der Waals surface area (Å²) in [6.45, 7) is 8.13. The van der Waals surface area contributed by atoms with Crippen molar-refractivity contribution in [1.29, 1.82) is 0 Å². The van der Waals surface area contributed by atoms with Gasteiger partial charge in [-0.05, 0) is 52.8 Å². The van der Waals surface area contributed by atoms with Crippen molar-refractivity contribution in [3.63, 3.8) is 0 Å². The van der Waals surface area contributed by atoms with E-state index in [0.29, 0.717) is 12.2 Å². The first-order chi connectivity index (χ1) is 9.18. The van der Waals surface area contributed by atoms with E-state index < -0.39 is 10.0 Å². The van der Waals surface area contributed by atoms with Gasteiger partial charge in [0.15, 0.2) is 0 Å². The number of benzene rings is 1. The molecule has 5 nitrogen and oxygen atoms in total. The molecular formula is C14H25N3O2S. The number of hydrogen-bond donors (Lipinski definition) is 3. The first-order valence-corrected chi connectivity index (χ1v) is 8.26. The van der Waals surface area contributed by atoms with Gasteiger partial charge in [0.05, 0.1) is 5.69 Å². The van der Waals surface area contributed by atoms with Gasteiger partial charge in [-0.2, -0.15) is 0 Å². The van der Waals surface area contributed by atoms with E-state index in [9.17, 15) is 8.42 Å². The molecule has 0 atom stereocenters. The molecule has 0 saturated heterocycles. The van der Waals surface area contributed by atoms with Crippen LogP contribution >= 0.6 is 0 Å². The number of nitrogens with two attached hydrogens (primary N) is 1. The molecule has 0 unspecified atom stereocenters. The largest absolute Gasteiger partial charge is 0.379 e. The minimum atomic E-state index is -3.52. The summed E-state index contributed by atoms with van der Waals surface area (Å²) in [7, 11) is -3.52. The molecule has 0 heterocycles. The maximum Gasteiger partial charge on any atom is 0.242 e. The number of rotatable bonds is 7. The van der Waals surface area contributed by atoms with E-state index in [1.54, 1.807) is 32.0 Å². The first-order valence-electron chi connectivity index (χ1n) is 6.77. The zero-order chi connectivity index (χ0) is 15.4. The second-order valence-corrected chi connectivity index (χ2v) is 7.50. The van der Waals surface area contributed by atoms with E-state index in [1.807, 2.05) is 19.9 Å². The maximum atomic E-state index is 12.3. The molecule has 114 valence electrons. The highest BCUT2D eigenvalue weighted by molar-refractivity contribution is 7.89. The van der Waals surface area contributed by atoms with Gasteiger partial charge in [0.25, 0.3) is 0 Å². The Morgan fingerprint density at radius 2 is 1.85 bits per heavy atom. The van der Waals surface area contributed by atoms with Crippen LogP contribution in [-0.4, -0.2) is 26.5 Å². The van der Waals surface area contributed by atoms with E-state index >= 15 is 0 Å². The standard InChI is InChI=1S/C14H25N3O2S/c1-11(2)17-20(18,19)13-8-6-5-7-12(13)16-14(3,4)9-10-15/h5-8,11,16-17H,9-10,15H2,1-4H3. The lowest BCUT2D eigenvalue weighted by molar-refractivity contribution is 0.524. The van der Waals surface area contributed by atoms with Gasteiger partial charge in [-0.15, -0.1) is 0 Å². The lowest BCUT2D eigenvalue weighted by Crippen LogP contribution is -2.35. The molecule has 1 aromatic rings. The first kappa shape index (κ1) is 16.9. The third kappa shape index (κ3) is 4.77. The van der Waals surface area contributed by atoms with Gasteiger partial charge in [0, 0.05) is 11.6 Å². The molecule has 6 heteroatoms. The normalized spacial score (nSPS) is 12.7. The van der Waals surface area contributed by atoms with Gasteiger partial charge >= 0.3 is 0 Å². The highest BCUT2D eigenvalue weighted by Gasteiger charge is 2.23. The second-order valence-electron chi connectivity index (χ2n) is 5.82. The van der Waals surface area contributed by atoms with Crippen molar-refractivity contribution in [2.75, 3.05) is 11.9 Å². The van der Waals surface area contributed by atoms with Crippen LogP contribution in [0.1, 0.15) is 34.1 Å². The van der Waals surface area contributed by atoms with E-state index in [4.69, 9.17) is 5.73 Å². The van der Waals surface area contributed by atoms with Gasteiger partial charge in [-0.1, -0.05) is 12.1 Å². The lowest BCUT2D eigenvalue weighted by Gasteiger charge is -2.28. The highest BCUT2D eigenvalue weighted by atomic mass is 32.2. The quantitative estimate of drug-likeness (QED) is 0.718. The Kier molecular flexibility index (Phi) is 5.56. The predicted octanol–water partition coefficient (Wildman–Crippen LogP) is 1.91. The summed E-state index contributed by atoms with van der Waals surface area (Å²) in [6.07, 6.45) is 0.749. The average Bonchev–Trinajstić information content (AvgIpc) is 2.26. The molecule has 0 aromatic heterocycles. The molecule has 0 spiro atoms. The van der Waals surface area contributed by atoms with Crippen molar-refractivity contribution in [2.45, 2.75) is 50.6 Å². The average molecular weight is 299 g/mol. The Balaban J connectivity index is 3.12. The minimum absolute atomic E-state index is 0.148. The zero-order valence-electron chi connectivity index (χ0n) is 12.6. The van der Waals surface area contributed by atoms with E-state index in [-0.39, 0.29) is 16.5 Å². The van der Waals surface area contributed by atoms with Gasteiger partial charge in [-0.25, -0.2) is 13.1 Å². The van der Waals surface area contributed by atoms with Gasteiger partial charge in [0.1, 0.15) is 4.90 Å². The van der Waals surface area contributed by atoms with Crippen molar-refractivity contribution in [1.82, 2.24) is 4.72 Å². The summed E-state index contributed by atoms with van der Waals surface area (Å²) >= 11 is 0. The van der Waals surface area contributed by atoms with E-state index in [1.165, 1.54) is 0 Å². The summed E-state index contributed by atoms with van der Waals surface area (Å²) in [6, 6.07) is 6.76. The third-order valence-corrected chi connectivity index (χ3v) is 4.53. The second kappa shape index (κ2) is 6.56. The Bertz CT molecular complexity index is 539. The summed E-state index contributed by atoms with van der Waals surface area (Å²) in [5, 5.41) is 3.27. The van der Waals surface area contributed by atoms with Crippen LogP contribution in [-0.2, 0) is 10.0 Å². The molecule has 0 aliphatic heterocycles. The topological polar surface area (TPSA) is 84.2 Å². The molecule has 0 saturated carbocycles. The summed E-state index contributed by atoms with van der Waals surface area (Å²) in [5.74, 6) is 0. The molecule has 4 N–H and O–H groups in total. The molecule has 1 rings (SSSR count). The fourth-order valence-corrected chi connectivity index (χ4v) is 3.38. The minimum Gasteiger partial charge on any atom is -0.379 e. The summed E-state index contributed by atoms with van der Waals surface area (Å²) in [4.78, 5) is 0.263. The van der Waals surface area contributed by atoms with Crippen LogP contribution in [0.2, 0.25) is 0 Å². The number of sulfonamides is 1. The van der Waals surface area contributed by atoms with Crippen molar-refractivity contribution in [3.8, 4) is 0 Å². The van der Waals surface area contributed by atoms with E-state index in [2.05, 4.69) is 10.0 Å². The van der Waals surface area contributed by atoms with Crippen molar-refractivity contribution < 1.29 is 8.42 Å². The molecular weight excluding hydrogens is 274 g/mol. The van der Waals surface area contributed by atoms with E-state index in [0.717, 1.165) is 6.42 Å². The number of para-hydroxylation sites is 1. The summed E-state index contributed by atoms with van der Waals surface area (Å²) in [5.41, 5.74) is 5.92. The van der Waals surface area contributed by atoms with Crippen LogP contribution in [0, 0.1) is 0 Å². The smallest absolute Gasteiger partial charge is 0.242 e. The molecule has 0 amide bonds. The molecule has 0 fully saturated rings. The molecule has 1 aromatic carbocycles. The molecule has 0 aliphatic carbocycles. The highest BCUT2D eigenvalue weighted by Crippen LogP contribution is 2.25.